The zero-order chi connectivity index (χ0) is 5.11. The van der Waals surface area contributed by atoms with Gasteiger partial charge in [-0.3, -0.25) is 11.3 Å². The van der Waals surface area contributed by atoms with Crippen molar-refractivity contribution in [3.05, 3.63) is 0 Å². The second-order valence-corrected chi connectivity index (χ2v) is 1.73. The molecule has 3 nitrogen and oxygen atoms in total. The maximum Gasteiger partial charge on any atom is 0.0633 e. The molecule has 1 saturated heterocycles. The fourth-order valence-electron chi connectivity index (χ4n) is 0.666. The molecule has 0 aromatic rings. The van der Waals surface area contributed by atoms with E-state index in [0.29, 0.717) is 6.04 Å². The van der Waals surface area contributed by atoms with Gasteiger partial charge in [0.1, 0.15) is 0 Å². The Labute approximate surface area is 55.0 Å². The lowest BCUT2D eigenvalue weighted by Crippen LogP contribution is -2.34. The maximum absolute atomic E-state index is 5.10. The molecule has 4 heteroatoms. The third-order valence-electron chi connectivity index (χ3n) is 1.17. The lowest BCUT2D eigenvalue weighted by atomic mass is 10.3. The summed E-state index contributed by atoms with van der Waals surface area (Å²) in [6.07, 6.45) is 1.05. The summed E-state index contributed by atoms with van der Waals surface area (Å²) in [6.45, 7) is 1.63. The summed E-state index contributed by atoms with van der Waals surface area (Å²) in [5.74, 6) is 5.10. The number of nitrogens with one attached hydrogen (secondary N) is 1. The summed E-state index contributed by atoms with van der Waals surface area (Å²) in [4.78, 5) is 0. The van der Waals surface area contributed by atoms with Crippen molar-refractivity contribution >= 4 is 12.4 Å². The molecule has 1 atom stereocenters. The van der Waals surface area contributed by atoms with Crippen LogP contribution in [0.1, 0.15) is 6.42 Å². The van der Waals surface area contributed by atoms with Crippen LogP contribution in [0.4, 0.5) is 0 Å². The molecular formula is C4H11ClN2O. The summed E-state index contributed by atoms with van der Waals surface area (Å²) in [7, 11) is 0. The largest absolute Gasteiger partial charge is 0.380 e. The first-order valence-electron chi connectivity index (χ1n) is 2.47. The molecule has 0 aromatic carbocycles. The molecule has 0 spiro atoms. The summed E-state index contributed by atoms with van der Waals surface area (Å²) in [5.41, 5.74) is 2.64. The van der Waals surface area contributed by atoms with Gasteiger partial charge in [-0.1, -0.05) is 0 Å². The Hall–Kier alpha value is 0.170. The van der Waals surface area contributed by atoms with E-state index in [9.17, 15) is 0 Å². The van der Waals surface area contributed by atoms with Crippen LogP contribution in [0.25, 0.3) is 0 Å². The summed E-state index contributed by atoms with van der Waals surface area (Å²) < 4.78 is 5.01. The lowest BCUT2D eigenvalue weighted by molar-refractivity contribution is 0.190. The molecule has 0 bridgehead atoms. The van der Waals surface area contributed by atoms with E-state index in [1.54, 1.807) is 0 Å². The van der Waals surface area contributed by atoms with Gasteiger partial charge in [0.05, 0.1) is 6.61 Å². The number of hydrogen-bond acceptors (Lipinski definition) is 3. The second kappa shape index (κ2) is 4.09. The molecule has 0 aliphatic carbocycles. The van der Waals surface area contributed by atoms with Crippen LogP contribution < -0.4 is 11.3 Å². The first-order chi connectivity index (χ1) is 3.43. The van der Waals surface area contributed by atoms with Crippen molar-refractivity contribution in [2.24, 2.45) is 5.84 Å². The van der Waals surface area contributed by atoms with E-state index in [1.807, 2.05) is 0 Å². The van der Waals surface area contributed by atoms with Crippen molar-refractivity contribution in [3.63, 3.8) is 0 Å². The SMILES string of the molecule is Cl.NN[C@H]1CCOC1. The Balaban J connectivity index is 0.000000490. The highest BCUT2D eigenvalue weighted by Crippen LogP contribution is 2.00. The van der Waals surface area contributed by atoms with Gasteiger partial charge >= 0.3 is 0 Å². The van der Waals surface area contributed by atoms with Gasteiger partial charge in [0.15, 0.2) is 0 Å². The first-order valence-corrected chi connectivity index (χ1v) is 2.47. The Morgan fingerprint density at radius 1 is 1.62 bits per heavy atom. The van der Waals surface area contributed by atoms with Gasteiger partial charge in [-0.2, -0.15) is 0 Å². The van der Waals surface area contributed by atoms with Crippen LogP contribution in [-0.2, 0) is 4.74 Å². The third kappa shape index (κ3) is 1.96. The predicted octanol–water partition coefficient (Wildman–Crippen LogP) is -0.340. The Bertz CT molecular complexity index is 56.0. The number of hydrazine groups is 1. The number of nitrogens with two attached hydrogens (primary N) is 1. The van der Waals surface area contributed by atoms with E-state index in [1.165, 1.54) is 0 Å². The van der Waals surface area contributed by atoms with Crippen LogP contribution >= 0.6 is 12.4 Å². The molecule has 8 heavy (non-hydrogen) atoms. The van der Waals surface area contributed by atoms with Gasteiger partial charge in [-0.05, 0) is 6.42 Å². The smallest absolute Gasteiger partial charge is 0.0633 e. The molecular weight excluding hydrogens is 128 g/mol. The average Bonchev–Trinajstić information content (AvgIpc) is 2.14. The van der Waals surface area contributed by atoms with Crippen LogP contribution in [-0.4, -0.2) is 19.3 Å². The number of rotatable bonds is 1. The van der Waals surface area contributed by atoms with Gasteiger partial charge in [0.2, 0.25) is 0 Å². The minimum Gasteiger partial charge on any atom is -0.380 e. The van der Waals surface area contributed by atoms with Gasteiger partial charge in [-0.25, -0.2) is 0 Å². The van der Waals surface area contributed by atoms with Crippen molar-refractivity contribution in [2.45, 2.75) is 12.5 Å². The molecule has 1 aliphatic heterocycles. The molecule has 1 fully saturated rings. The topological polar surface area (TPSA) is 47.3 Å². The Morgan fingerprint density at radius 2 is 2.38 bits per heavy atom. The van der Waals surface area contributed by atoms with Gasteiger partial charge in [-0.15, -0.1) is 12.4 Å². The lowest BCUT2D eigenvalue weighted by Gasteiger charge is -2.00. The minimum absolute atomic E-state index is 0. The quantitative estimate of drug-likeness (QED) is 0.385. The van der Waals surface area contributed by atoms with Crippen molar-refractivity contribution in [1.82, 2.24) is 5.43 Å². The maximum atomic E-state index is 5.10. The summed E-state index contributed by atoms with van der Waals surface area (Å²) in [6, 6.07) is 0.403. The summed E-state index contributed by atoms with van der Waals surface area (Å²) >= 11 is 0. The summed E-state index contributed by atoms with van der Waals surface area (Å²) in [5, 5.41) is 0. The molecule has 0 saturated carbocycles. The van der Waals surface area contributed by atoms with E-state index in [-0.39, 0.29) is 12.4 Å². The van der Waals surface area contributed by atoms with Gasteiger partial charge in [0.25, 0.3) is 0 Å². The fraction of sp³-hybridized carbons (Fsp3) is 1.00. The monoisotopic (exact) mass is 138 g/mol. The third-order valence-corrected chi connectivity index (χ3v) is 1.17. The molecule has 0 amide bonds. The fourth-order valence-corrected chi connectivity index (χ4v) is 0.666. The van der Waals surface area contributed by atoms with Crippen molar-refractivity contribution in [1.29, 1.82) is 0 Å². The minimum atomic E-state index is 0. The second-order valence-electron chi connectivity index (χ2n) is 1.73. The normalized spacial score (nSPS) is 27.4. The number of hydrogen-bond donors (Lipinski definition) is 2. The van der Waals surface area contributed by atoms with Crippen LogP contribution in [0, 0.1) is 0 Å². The molecule has 3 N–H and O–H groups in total. The zero-order valence-corrected chi connectivity index (χ0v) is 5.41. The standard InChI is InChI=1S/C4H10N2O.ClH/c5-6-4-1-2-7-3-4;/h4,6H,1-3,5H2;1H/t4-;/m0./s1. The van der Waals surface area contributed by atoms with E-state index >= 15 is 0 Å². The van der Waals surface area contributed by atoms with Crippen LogP contribution in [0.2, 0.25) is 0 Å². The molecule has 0 radical (unpaired) electrons. The number of ether oxygens (including phenoxy) is 1. The Morgan fingerprint density at radius 3 is 2.62 bits per heavy atom. The average molecular weight is 139 g/mol. The van der Waals surface area contributed by atoms with Crippen LogP contribution in [0.15, 0.2) is 0 Å². The van der Waals surface area contributed by atoms with Crippen molar-refractivity contribution in [2.75, 3.05) is 13.2 Å². The first kappa shape index (κ1) is 8.17. The van der Waals surface area contributed by atoms with E-state index in [2.05, 4.69) is 5.43 Å². The highest BCUT2D eigenvalue weighted by atomic mass is 35.5. The van der Waals surface area contributed by atoms with E-state index in [4.69, 9.17) is 10.6 Å². The van der Waals surface area contributed by atoms with Crippen molar-refractivity contribution in [3.8, 4) is 0 Å². The molecule has 1 heterocycles. The highest BCUT2D eigenvalue weighted by molar-refractivity contribution is 5.85. The predicted molar refractivity (Wildman–Crippen MR) is 33.8 cm³/mol. The van der Waals surface area contributed by atoms with Gasteiger partial charge in [0, 0.05) is 12.6 Å². The molecule has 50 valence electrons. The van der Waals surface area contributed by atoms with Crippen LogP contribution in [0.3, 0.4) is 0 Å². The van der Waals surface area contributed by atoms with E-state index in [0.717, 1.165) is 19.6 Å². The van der Waals surface area contributed by atoms with Crippen LogP contribution in [0.5, 0.6) is 0 Å². The highest BCUT2D eigenvalue weighted by Gasteiger charge is 2.11. The molecule has 1 aliphatic rings. The molecule has 0 unspecified atom stereocenters. The Kier molecular flexibility index (Phi) is 4.18. The number of halogens is 1. The van der Waals surface area contributed by atoms with Crippen molar-refractivity contribution < 1.29 is 4.74 Å². The zero-order valence-electron chi connectivity index (χ0n) is 4.59. The van der Waals surface area contributed by atoms with Gasteiger partial charge < -0.3 is 4.74 Å². The van der Waals surface area contributed by atoms with E-state index < -0.39 is 0 Å². The molecule has 1 rings (SSSR count). The molecule has 0 aromatic heterocycles.